The Morgan fingerprint density at radius 2 is 2.12 bits per heavy atom. The van der Waals surface area contributed by atoms with Crippen LogP contribution in [0.2, 0.25) is 5.15 Å². The Bertz CT molecular complexity index is 980. The number of esters is 1. The van der Waals surface area contributed by atoms with E-state index in [4.69, 9.17) is 21.1 Å². The van der Waals surface area contributed by atoms with Gasteiger partial charge >= 0.3 is 5.97 Å². The van der Waals surface area contributed by atoms with Gasteiger partial charge in [0.25, 0.3) is 12.3 Å². The van der Waals surface area contributed by atoms with E-state index in [-0.39, 0.29) is 24.1 Å². The van der Waals surface area contributed by atoms with Gasteiger partial charge in [0.1, 0.15) is 18.1 Å². The summed E-state index contributed by atoms with van der Waals surface area (Å²) in [4.78, 5) is 36.6. The number of aryl methyl sites for hydroxylation is 2. The molecule has 3 rings (SSSR count). The number of amides is 1. The molecule has 0 saturated carbocycles. The van der Waals surface area contributed by atoms with E-state index < -0.39 is 37.1 Å². The number of carbonyl (C=O) groups is 2. The molecular weight excluding hydrogens is 460 g/mol. The van der Waals surface area contributed by atoms with Crippen molar-refractivity contribution in [3.8, 4) is 0 Å². The van der Waals surface area contributed by atoms with Crippen molar-refractivity contribution >= 4 is 29.3 Å². The van der Waals surface area contributed by atoms with Crippen LogP contribution in [0.4, 0.5) is 14.6 Å². The highest BCUT2D eigenvalue weighted by molar-refractivity contribution is 6.30. The number of aromatic nitrogens is 3. The van der Waals surface area contributed by atoms with Crippen molar-refractivity contribution in [1.82, 2.24) is 20.3 Å². The molecular formula is C21H28ClF2N5O4. The molecule has 1 aliphatic heterocycles. The van der Waals surface area contributed by atoms with Gasteiger partial charge in [-0.15, -0.1) is 0 Å². The first-order valence-corrected chi connectivity index (χ1v) is 11.2. The van der Waals surface area contributed by atoms with E-state index in [9.17, 15) is 18.4 Å². The van der Waals surface area contributed by atoms with Crippen LogP contribution >= 0.6 is 11.6 Å². The highest BCUT2D eigenvalue weighted by Crippen LogP contribution is 2.25. The van der Waals surface area contributed by atoms with E-state index in [2.05, 4.69) is 20.3 Å². The molecule has 2 unspecified atom stereocenters. The number of anilines is 1. The van der Waals surface area contributed by atoms with Crippen molar-refractivity contribution in [1.29, 1.82) is 0 Å². The Kier molecular flexibility index (Phi) is 8.30. The average Bonchev–Trinajstić information content (AvgIpc) is 3.35. The smallest absolute Gasteiger partial charge is 0.355 e. The summed E-state index contributed by atoms with van der Waals surface area (Å²) in [5.41, 5.74) is 1.70. The van der Waals surface area contributed by atoms with Crippen LogP contribution in [0.5, 0.6) is 0 Å². The molecule has 182 valence electrons. The molecule has 1 aliphatic rings. The number of ether oxygens (including phenoxy) is 2. The van der Waals surface area contributed by atoms with Crippen LogP contribution in [0.1, 0.15) is 52.6 Å². The third kappa shape index (κ3) is 6.02. The fraction of sp³-hybridized carbons (Fsp3) is 0.571. The van der Waals surface area contributed by atoms with Gasteiger partial charge in [-0.2, -0.15) is 0 Å². The largest absolute Gasteiger partial charge is 0.461 e. The van der Waals surface area contributed by atoms with Gasteiger partial charge in [-0.25, -0.2) is 18.6 Å². The lowest BCUT2D eigenvalue weighted by atomic mass is 10.0. The molecule has 33 heavy (non-hydrogen) atoms. The number of rotatable bonds is 9. The van der Waals surface area contributed by atoms with Crippen molar-refractivity contribution < 1.29 is 27.8 Å². The lowest BCUT2D eigenvalue weighted by Gasteiger charge is -2.39. The maximum absolute atomic E-state index is 12.9. The van der Waals surface area contributed by atoms with E-state index in [1.165, 1.54) is 0 Å². The molecule has 2 atom stereocenters. The van der Waals surface area contributed by atoms with Gasteiger partial charge in [0.05, 0.1) is 24.4 Å². The number of H-pyrrole nitrogens is 2. The molecule has 2 aromatic heterocycles. The highest BCUT2D eigenvalue weighted by Gasteiger charge is 2.34. The Hall–Kier alpha value is -2.66. The number of halogens is 3. The van der Waals surface area contributed by atoms with E-state index in [1.807, 2.05) is 11.8 Å². The molecule has 0 aliphatic carbocycles. The summed E-state index contributed by atoms with van der Waals surface area (Å²) in [7, 11) is 0. The predicted octanol–water partition coefficient (Wildman–Crippen LogP) is 3.10. The molecule has 12 heteroatoms. The van der Waals surface area contributed by atoms with Gasteiger partial charge < -0.3 is 29.7 Å². The van der Waals surface area contributed by atoms with Crippen molar-refractivity contribution in [3.05, 3.63) is 34.0 Å². The molecule has 0 aromatic carbocycles. The van der Waals surface area contributed by atoms with Gasteiger partial charge in [0.2, 0.25) is 0 Å². The fourth-order valence-corrected chi connectivity index (χ4v) is 4.02. The van der Waals surface area contributed by atoms with Crippen LogP contribution in [-0.4, -0.2) is 71.7 Å². The van der Waals surface area contributed by atoms with E-state index in [1.54, 1.807) is 19.9 Å². The van der Waals surface area contributed by atoms with E-state index >= 15 is 0 Å². The third-order valence-electron chi connectivity index (χ3n) is 5.43. The molecule has 1 amide bonds. The minimum absolute atomic E-state index is 0.0611. The zero-order valence-electron chi connectivity index (χ0n) is 18.7. The van der Waals surface area contributed by atoms with Crippen molar-refractivity contribution in [2.45, 2.75) is 52.2 Å². The standard InChI is InChI=1S/C21H28ClF2N5O4/c1-4-12-18(22)28-19(25-12)20(30)26-13-6-7-29(9-14(13)33-10-15(23)24)16-8-11(3)17(27-16)21(31)32-5-2/h8,13-15,27H,4-7,9-10H2,1-3H3,(H,25,28)(H,26,30). The van der Waals surface area contributed by atoms with Crippen LogP contribution in [0.3, 0.4) is 0 Å². The maximum Gasteiger partial charge on any atom is 0.355 e. The molecule has 1 saturated heterocycles. The summed E-state index contributed by atoms with van der Waals surface area (Å²) in [5, 5.41) is 3.05. The zero-order valence-corrected chi connectivity index (χ0v) is 19.5. The molecule has 1 fully saturated rings. The summed E-state index contributed by atoms with van der Waals surface area (Å²) in [5.74, 6) is -0.235. The van der Waals surface area contributed by atoms with E-state index in [0.29, 0.717) is 42.2 Å². The second-order valence-corrected chi connectivity index (χ2v) is 8.08. The Balaban J connectivity index is 1.73. The monoisotopic (exact) mass is 487 g/mol. The summed E-state index contributed by atoms with van der Waals surface area (Å²) in [6.07, 6.45) is -2.33. The number of alkyl halides is 2. The minimum atomic E-state index is -2.64. The number of hydrogen-bond acceptors (Lipinski definition) is 6. The van der Waals surface area contributed by atoms with Crippen LogP contribution in [0, 0.1) is 6.92 Å². The number of carbonyl (C=O) groups excluding carboxylic acids is 2. The maximum atomic E-state index is 12.9. The topological polar surface area (TPSA) is 112 Å². The van der Waals surface area contributed by atoms with Crippen LogP contribution in [0.15, 0.2) is 6.07 Å². The van der Waals surface area contributed by atoms with Gasteiger partial charge in [-0.3, -0.25) is 4.79 Å². The molecule has 0 bridgehead atoms. The predicted molar refractivity (Wildman–Crippen MR) is 118 cm³/mol. The SMILES string of the molecule is CCOC(=O)c1[nH]c(N2CCC(NC(=O)c3nc(Cl)c(CC)[nH]3)C(OCC(F)F)C2)cc1C. The summed E-state index contributed by atoms with van der Waals surface area (Å²) in [6, 6.07) is 1.29. The lowest BCUT2D eigenvalue weighted by molar-refractivity contribution is -0.0391. The third-order valence-corrected chi connectivity index (χ3v) is 5.74. The fourth-order valence-electron chi connectivity index (χ4n) is 3.76. The number of piperidine rings is 1. The van der Waals surface area contributed by atoms with Gasteiger partial charge in [-0.05, 0) is 38.3 Å². The molecule has 2 aromatic rings. The van der Waals surface area contributed by atoms with Crippen molar-refractivity contribution in [2.75, 3.05) is 31.2 Å². The van der Waals surface area contributed by atoms with Gasteiger partial charge in [0.15, 0.2) is 11.0 Å². The minimum Gasteiger partial charge on any atom is -0.461 e. The van der Waals surface area contributed by atoms with Crippen molar-refractivity contribution in [3.63, 3.8) is 0 Å². The summed E-state index contributed by atoms with van der Waals surface area (Å²) < 4.78 is 36.2. The normalized spacial score (nSPS) is 18.6. The molecule has 3 N–H and O–H groups in total. The summed E-state index contributed by atoms with van der Waals surface area (Å²) in [6.45, 7) is 5.61. The quantitative estimate of drug-likeness (QED) is 0.468. The first kappa shape index (κ1) is 25.0. The van der Waals surface area contributed by atoms with Gasteiger partial charge in [0, 0.05) is 13.1 Å². The Labute approximate surface area is 195 Å². The second-order valence-electron chi connectivity index (χ2n) is 7.72. The first-order chi connectivity index (χ1) is 15.7. The number of nitrogens with zero attached hydrogens (tertiary/aromatic N) is 2. The van der Waals surface area contributed by atoms with Crippen molar-refractivity contribution in [2.24, 2.45) is 0 Å². The average molecular weight is 488 g/mol. The number of imidazole rings is 1. The number of aromatic amines is 2. The zero-order chi connectivity index (χ0) is 24.1. The number of hydrogen-bond donors (Lipinski definition) is 3. The van der Waals surface area contributed by atoms with E-state index in [0.717, 1.165) is 0 Å². The molecule has 0 radical (unpaired) electrons. The second kappa shape index (κ2) is 11.0. The Morgan fingerprint density at radius 3 is 2.76 bits per heavy atom. The van der Waals surface area contributed by atoms with Crippen LogP contribution in [-0.2, 0) is 15.9 Å². The highest BCUT2D eigenvalue weighted by atomic mass is 35.5. The van der Waals surface area contributed by atoms with Crippen LogP contribution < -0.4 is 10.2 Å². The Morgan fingerprint density at radius 1 is 1.36 bits per heavy atom. The summed E-state index contributed by atoms with van der Waals surface area (Å²) >= 11 is 6.02. The molecule has 3 heterocycles. The lowest BCUT2D eigenvalue weighted by Crippen LogP contribution is -2.55. The van der Waals surface area contributed by atoms with Gasteiger partial charge in [-0.1, -0.05) is 18.5 Å². The van der Waals surface area contributed by atoms with Crippen LogP contribution in [0.25, 0.3) is 0 Å². The molecule has 0 spiro atoms. The number of nitrogens with one attached hydrogen (secondary N) is 3. The molecule has 9 nitrogen and oxygen atoms in total. The first-order valence-electron chi connectivity index (χ1n) is 10.8.